The van der Waals surface area contributed by atoms with Crippen LogP contribution in [0.3, 0.4) is 0 Å². The van der Waals surface area contributed by atoms with E-state index in [1.54, 1.807) is 0 Å². The van der Waals surface area contributed by atoms with Gasteiger partial charge in [0.2, 0.25) is 0 Å². The molecule has 2 heterocycles. The van der Waals surface area contributed by atoms with Crippen LogP contribution in [0.1, 0.15) is 20.3 Å². The molecule has 2 aliphatic heterocycles. The number of rotatable bonds is 3. The molecule has 2 saturated heterocycles. The van der Waals surface area contributed by atoms with Gasteiger partial charge in [-0.05, 0) is 24.8 Å². The first-order valence-corrected chi connectivity index (χ1v) is 5.80. The molecule has 3 atom stereocenters. The van der Waals surface area contributed by atoms with E-state index < -0.39 is 0 Å². The van der Waals surface area contributed by atoms with Gasteiger partial charge in [0, 0.05) is 25.7 Å². The van der Waals surface area contributed by atoms with Crippen LogP contribution in [0.5, 0.6) is 0 Å². The van der Waals surface area contributed by atoms with Gasteiger partial charge < -0.3 is 10.4 Å². The van der Waals surface area contributed by atoms with E-state index in [1.807, 2.05) is 0 Å². The molecule has 1 unspecified atom stereocenters. The molecular formula is C11H22N2O. The number of fused-ring (bicyclic) bond motifs is 1. The second-order valence-corrected chi connectivity index (χ2v) is 5.14. The second-order valence-electron chi connectivity index (χ2n) is 5.14. The summed E-state index contributed by atoms with van der Waals surface area (Å²) in [4.78, 5) is 2.41. The van der Waals surface area contributed by atoms with E-state index >= 15 is 0 Å². The molecule has 2 fully saturated rings. The van der Waals surface area contributed by atoms with Gasteiger partial charge in [-0.15, -0.1) is 0 Å². The van der Waals surface area contributed by atoms with E-state index in [0.29, 0.717) is 12.0 Å². The SMILES string of the molecule is CC(C)C(O)CN1C[C@@H]2CCN[C@@H]2C1. The predicted molar refractivity (Wildman–Crippen MR) is 57.2 cm³/mol. The summed E-state index contributed by atoms with van der Waals surface area (Å²) in [7, 11) is 0. The zero-order chi connectivity index (χ0) is 10.1. The number of likely N-dealkylation sites (tertiary alicyclic amines) is 1. The Morgan fingerprint density at radius 2 is 2.21 bits per heavy atom. The lowest BCUT2D eigenvalue weighted by Crippen LogP contribution is -2.36. The molecule has 0 bridgehead atoms. The zero-order valence-corrected chi connectivity index (χ0v) is 9.24. The summed E-state index contributed by atoms with van der Waals surface area (Å²) in [6, 6.07) is 0.703. The first-order valence-electron chi connectivity index (χ1n) is 5.80. The maximum absolute atomic E-state index is 9.79. The highest BCUT2D eigenvalue weighted by Crippen LogP contribution is 2.24. The average Bonchev–Trinajstić information content (AvgIpc) is 2.63. The van der Waals surface area contributed by atoms with Gasteiger partial charge in [-0.25, -0.2) is 0 Å². The van der Waals surface area contributed by atoms with E-state index in [1.165, 1.54) is 19.5 Å². The Bertz CT molecular complexity index is 184. The topological polar surface area (TPSA) is 35.5 Å². The molecular weight excluding hydrogens is 176 g/mol. The summed E-state index contributed by atoms with van der Waals surface area (Å²) >= 11 is 0. The summed E-state index contributed by atoms with van der Waals surface area (Å²) in [5.41, 5.74) is 0. The normalized spacial score (nSPS) is 35.1. The average molecular weight is 198 g/mol. The number of nitrogens with one attached hydrogen (secondary N) is 1. The van der Waals surface area contributed by atoms with Crippen LogP contribution in [-0.4, -0.2) is 48.3 Å². The minimum absolute atomic E-state index is 0.158. The number of β-amino-alcohol motifs (C(OH)–C–C–N with tert-alkyl or cyclic N) is 1. The molecule has 0 saturated carbocycles. The molecule has 0 aliphatic carbocycles. The van der Waals surface area contributed by atoms with Crippen molar-refractivity contribution in [2.45, 2.75) is 32.4 Å². The van der Waals surface area contributed by atoms with Gasteiger partial charge in [-0.3, -0.25) is 4.90 Å². The number of nitrogens with zero attached hydrogens (tertiary/aromatic N) is 1. The lowest BCUT2D eigenvalue weighted by molar-refractivity contribution is 0.0831. The summed E-state index contributed by atoms with van der Waals surface area (Å²) < 4.78 is 0. The first-order chi connectivity index (χ1) is 6.66. The number of hydrogen-bond acceptors (Lipinski definition) is 3. The highest BCUT2D eigenvalue weighted by atomic mass is 16.3. The molecule has 3 heteroatoms. The lowest BCUT2D eigenvalue weighted by atomic mass is 10.1. The molecule has 2 rings (SSSR count). The number of hydrogen-bond donors (Lipinski definition) is 2. The van der Waals surface area contributed by atoms with Gasteiger partial charge in [0.25, 0.3) is 0 Å². The smallest absolute Gasteiger partial charge is 0.0689 e. The van der Waals surface area contributed by atoms with Crippen LogP contribution >= 0.6 is 0 Å². The molecule has 2 aliphatic rings. The second kappa shape index (κ2) is 4.17. The van der Waals surface area contributed by atoms with Gasteiger partial charge >= 0.3 is 0 Å². The summed E-state index contributed by atoms with van der Waals surface area (Å²) in [5, 5.41) is 13.3. The summed E-state index contributed by atoms with van der Waals surface area (Å²) in [5.74, 6) is 1.22. The largest absolute Gasteiger partial charge is 0.392 e. The highest BCUT2D eigenvalue weighted by molar-refractivity contribution is 4.94. The van der Waals surface area contributed by atoms with E-state index in [9.17, 15) is 5.11 Å². The molecule has 2 N–H and O–H groups in total. The fourth-order valence-corrected chi connectivity index (χ4v) is 2.56. The third-order valence-electron chi connectivity index (χ3n) is 3.65. The molecule has 0 aromatic rings. The molecule has 0 aromatic heterocycles. The fraction of sp³-hybridized carbons (Fsp3) is 1.00. The number of aliphatic hydroxyl groups excluding tert-OH is 1. The Kier molecular flexibility index (Phi) is 3.10. The minimum atomic E-state index is -0.158. The van der Waals surface area contributed by atoms with Crippen LogP contribution in [0.2, 0.25) is 0 Å². The van der Waals surface area contributed by atoms with Crippen molar-refractivity contribution in [3.8, 4) is 0 Å². The summed E-state index contributed by atoms with van der Waals surface area (Å²) in [6.07, 6.45) is 1.16. The summed E-state index contributed by atoms with van der Waals surface area (Å²) in [6.45, 7) is 8.53. The Morgan fingerprint density at radius 3 is 2.86 bits per heavy atom. The Balaban J connectivity index is 1.79. The van der Waals surface area contributed by atoms with Crippen LogP contribution in [-0.2, 0) is 0 Å². The van der Waals surface area contributed by atoms with E-state index in [0.717, 1.165) is 19.0 Å². The van der Waals surface area contributed by atoms with Crippen LogP contribution in [0.25, 0.3) is 0 Å². The lowest BCUT2D eigenvalue weighted by Gasteiger charge is -2.22. The molecule has 0 amide bonds. The maximum atomic E-state index is 9.79. The Labute approximate surface area is 86.5 Å². The van der Waals surface area contributed by atoms with Crippen molar-refractivity contribution < 1.29 is 5.11 Å². The van der Waals surface area contributed by atoms with E-state index in [2.05, 4.69) is 24.1 Å². The van der Waals surface area contributed by atoms with Crippen molar-refractivity contribution >= 4 is 0 Å². The third-order valence-corrected chi connectivity index (χ3v) is 3.65. The quantitative estimate of drug-likeness (QED) is 0.684. The Morgan fingerprint density at radius 1 is 1.43 bits per heavy atom. The van der Waals surface area contributed by atoms with Gasteiger partial charge in [-0.1, -0.05) is 13.8 Å². The van der Waals surface area contributed by atoms with Crippen molar-refractivity contribution in [3.05, 3.63) is 0 Å². The molecule has 82 valence electrons. The molecule has 0 spiro atoms. The van der Waals surface area contributed by atoms with Crippen molar-refractivity contribution in [3.63, 3.8) is 0 Å². The molecule has 3 nitrogen and oxygen atoms in total. The molecule has 0 radical (unpaired) electrons. The third kappa shape index (κ3) is 2.10. The monoisotopic (exact) mass is 198 g/mol. The maximum Gasteiger partial charge on any atom is 0.0689 e. The van der Waals surface area contributed by atoms with Crippen molar-refractivity contribution in [1.29, 1.82) is 0 Å². The zero-order valence-electron chi connectivity index (χ0n) is 9.24. The van der Waals surface area contributed by atoms with E-state index in [4.69, 9.17) is 0 Å². The minimum Gasteiger partial charge on any atom is -0.392 e. The highest BCUT2D eigenvalue weighted by Gasteiger charge is 2.36. The van der Waals surface area contributed by atoms with Crippen LogP contribution in [0, 0.1) is 11.8 Å². The predicted octanol–water partition coefficient (Wildman–Crippen LogP) is 0.297. The van der Waals surface area contributed by atoms with Gasteiger partial charge in [0.1, 0.15) is 0 Å². The van der Waals surface area contributed by atoms with Crippen molar-refractivity contribution in [1.82, 2.24) is 10.2 Å². The molecule has 0 aromatic carbocycles. The van der Waals surface area contributed by atoms with Crippen molar-refractivity contribution in [2.24, 2.45) is 11.8 Å². The molecule has 14 heavy (non-hydrogen) atoms. The van der Waals surface area contributed by atoms with Crippen LogP contribution in [0.15, 0.2) is 0 Å². The van der Waals surface area contributed by atoms with Crippen LogP contribution < -0.4 is 5.32 Å². The van der Waals surface area contributed by atoms with E-state index in [-0.39, 0.29) is 6.10 Å². The van der Waals surface area contributed by atoms with Crippen LogP contribution in [0.4, 0.5) is 0 Å². The van der Waals surface area contributed by atoms with Gasteiger partial charge in [0.15, 0.2) is 0 Å². The standard InChI is InChI=1S/C11H22N2O/c1-8(2)11(14)7-13-5-9-3-4-12-10(9)6-13/h8-12,14H,3-7H2,1-2H3/t9-,10+,11?/m0/s1. The number of aliphatic hydroxyl groups is 1. The van der Waals surface area contributed by atoms with Gasteiger partial charge in [-0.2, -0.15) is 0 Å². The fourth-order valence-electron chi connectivity index (χ4n) is 2.56. The Hall–Kier alpha value is -0.120. The van der Waals surface area contributed by atoms with Gasteiger partial charge in [0.05, 0.1) is 6.10 Å². The van der Waals surface area contributed by atoms with Crippen molar-refractivity contribution in [2.75, 3.05) is 26.2 Å². The first kappa shape index (κ1) is 10.4.